The minimum absolute atomic E-state index is 0.0686. The highest BCUT2D eigenvalue weighted by atomic mass is 32.2. The number of nitrogens with zero attached hydrogens (tertiary/aromatic N) is 1. The molecule has 0 aliphatic rings. The summed E-state index contributed by atoms with van der Waals surface area (Å²) in [5.41, 5.74) is 0.564. The smallest absolute Gasteiger partial charge is 0.292 e. The van der Waals surface area contributed by atoms with E-state index in [9.17, 15) is 10.1 Å². The van der Waals surface area contributed by atoms with Crippen LogP contribution in [-0.2, 0) is 0 Å². The van der Waals surface area contributed by atoms with Gasteiger partial charge in [0.2, 0.25) is 0 Å². The third-order valence-corrected chi connectivity index (χ3v) is 3.35. The summed E-state index contributed by atoms with van der Waals surface area (Å²) in [6.07, 6.45) is 2.01. The van der Waals surface area contributed by atoms with Gasteiger partial charge in [0.05, 0.1) is 12.0 Å². The highest BCUT2D eigenvalue weighted by molar-refractivity contribution is 7.99. The number of hydrogen-bond acceptors (Lipinski definition) is 5. The molecule has 0 saturated carbocycles. The zero-order valence-corrected chi connectivity index (χ0v) is 10.9. The summed E-state index contributed by atoms with van der Waals surface area (Å²) < 4.78 is 5.05. The summed E-state index contributed by atoms with van der Waals surface area (Å²) >= 11 is 1.70. The van der Waals surface area contributed by atoms with Gasteiger partial charge < -0.3 is 10.1 Å². The molecule has 0 aromatic heterocycles. The van der Waals surface area contributed by atoms with Crippen LogP contribution < -0.4 is 10.1 Å². The van der Waals surface area contributed by atoms with Crippen molar-refractivity contribution in [2.45, 2.75) is 12.2 Å². The molecular weight excluding hydrogens is 240 g/mol. The molecule has 0 radical (unpaired) electrons. The highest BCUT2D eigenvalue weighted by Crippen LogP contribution is 2.29. The van der Waals surface area contributed by atoms with Crippen molar-refractivity contribution < 1.29 is 9.66 Å². The van der Waals surface area contributed by atoms with Crippen LogP contribution in [0.2, 0.25) is 0 Å². The van der Waals surface area contributed by atoms with Gasteiger partial charge >= 0.3 is 0 Å². The van der Waals surface area contributed by atoms with E-state index in [1.807, 2.05) is 6.26 Å². The highest BCUT2D eigenvalue weighted by Gasteiger charge is 2.14. The third kappa shape index (κ3) is 3.81. The standard InChI is InChI=1S/C11H16N2O3S/c1-8(17-3)7-12-10-6-9(16-2)4-5-11(10)13(14)15/h4-6,8,12H,7H2,1-3H3. The molecular formula is C11H16N2O3S. The van der Waals surface area contributed by atoms with Gasteiger partial charge in [-0.3, -0.25) is 10.1 Å². The predicted molar refractivity (Wildman–Crippen MR) is 71.1 cm³/mol. The lowest BCUT2D eigenvalue weighted by Gasteiger charge is -2.12. The molecule has 0 saturated heterocycles. The number of nitro benzene ring substituents is 1. The van der Waals surface area contributed by atoms with Crippen molar-refractivity contribution >= 4 is 23.1 Å². The fourth-order valence-electron chi connectivity index (χ4n) is 1.28. The molecule has 0 fully saturated rings. The van der Waals surface area contributed by atoms with Gasteiger partial charge in [-0.25, -0.2) is 0 Å². The molecule has 0 bridgehead atoms. The van der Waals surface area contributed by atoms with E-state index in [0.717, 1.165) is 0 Å². The number of benzene rings is 1. The van der Waals surface area contributed by atoms with Crippen LogP contribution in [0.4, 0.5) is 11.4 Å². The SMILES string of the molecule is COc1ccc([N+](=O)[O-])c(NCC(C)SC)c1. The number of nitrogens with one attached hydrogen (secondary N) is 1. The lowest BCUT2D eigenvalue weighted by molar-refractivity contribution is -0.384. The second-order valence-corrected chi connectivity index (χ2v) is 4.84. The zero-order chi connectivity index (χ0) is 12.8. The molecule has 94 valence electrons. The van der Waals surface area contributed by atoms with Crippen LogP contribution in [0, 0.1) is 10.1 Å². The number of anilines is 1. The quantitative estimate of drug-likeness (QED) is 0.626. The van der Waals surface area contributed by atoms with Crippen LogP contribution in [0.3, 0.4) is 0 Å². The van der Waals surface area contributed by atoms with Gasteiger partial charge in [0, 0.05) is 23.9 Å². The van der Waals surface area contributed by atoms with Crippen molar-refractivity contribution in [2.75, 3.05) is 25.2 Å². The summed E-state index contributed by atoms with van der Waals surface area (Å²) in [6, 6.07) is 4.68. The van der Waals surface area contributed by atoms with Crippen LogP contribution in [0.15, 0.2) is 18.2 Å². The van der Waals surface area contributed by atoms with Crippen LogP contribution in [0.1, 0.15) is 6.92 Å². The van der Waals surface area contributed by atoms with Crippen molar-refractivity contribution in [3.63, 3.8) is 0 Å². The molecule has 0 heterocycles. The number of methoxy groups -OCH3 is 1. The van der Waals surface area contributed by atoms with Crippen molar-refractivity contribution in [3.05, 3.63) is 28.3 Å². The van der Waals surface area contributed by atoms with Crippen LogP contribution in [0.25, 0.3) is 0 Å². The topological polar surface area (TPSA) is 64.4 Å². The predicted octanol–water partition coefficient (Wildman–Crippen LogP) is 2.77. The van der Waals surface area contributed by atoms with Gasteiger partial charge in [-0.2, -0.15) is 11.8 Å². The van der Waals surface area contributed by atoms with Gasteiger partial charge in [-0.15, -0.1) is 0 Å². The van der Waals surface area contributed by atoms with E-state index in [1.165, 1.54) is 13.2 Å². The van der Waals surface area contributed by atoms with Gasteiger partial charge in [0.25, 0.3) is 5.69 Å². The lowest BCUT2D eigenvalue weighted by Crippen LogP contribution is -2.13. The van der Waals surface area contributed by atoms with Crippen LogP contribution >= 0.6 is 11.8 Å². The molecule has 1 N–H and O–H groups in total. The number of hydrogen-bond donors (Lipinski definition) is 1. The summed E-state index contributed by atoms with van der Waals surface area (Å²) in [7, 11) is 1.54. The second-order valence-electron chi connectivity index (χ2n) is 3.57. The molecule has 0 aliphatic heterocycles. The number of ether oxygens (including phenoxy) is 1. The molecule has 0 amide bonds. The molecule has 5 nitrogen and oxygen atoms in total. The van der Waals surface area contributed by atoms with Gasteiger partial charge in [0.1, 0.15) is 11.4 Å². The minimum atomic E-state index is -0.397. The van der Waals surface area contributed by atoms with Gasteiger partial charge in [-0.05, 0) is 12.3 Å². The molecule has 1 aromatic carbocycles. The van der Waals surface area contributed by atoms with Gasteiger partial charge in [0.15, 0.2) is 0 Å². The molecule has 1 aromatic rings. The summed E-state index contributed by atoms with van der Waals surface area (Å²) in [5, 5.41) is 14.3. The average molecular weight is 256 g/mol. The van der Waals surface area contributed by atoms with Crippen LogP contribution in [-0.4, -0.2) is 30.1 Å². The summed E-state index contributed by atoms with van der Waals surface area (Å²) in [6.45, 7) is 2.73. The van der Waals surface area contributed by atoms with E-state index in [2.05, 4.69) is 12.2 Å². The van der Waals surface area contributed by atoms with E-state index >= 15 is 0 Å². The molecule has 17 heavy (non-hydrogen) atoms. The first-order chi connectivity index (χ1) is 8.08. The maximum absolute atomic E-state index is 10.9. The lowest BCUT2D eigenvalue weighted by atomic mass is 10.2. The van der Waals surface area contributed by atoms with Crippen molar-refractivity contribution in [3.8, 4) is 5.75 Å². The fourth-order valence-corrected chi connectivity index (χ4v) is 1.53. The molecule has 0 spiro atoms. The Hall–Kier alpha value is -1.43. The fraction of sp³-hybridized carbons (Fsp3) is 0.455. The summed E-state index contributed by atoms with van der Waals surface area (Å²) in [5.74, 6) is 0.606. The summed E-state index contributed by atoms with van der Waals surface area (Å²) in [4.78, 5) is 10.5. The molecule has 1 atom stereocenters. The monoisotopic (exact) mass is 256 g/mol. The largest absolute Gasteiger partial charge is 0.497 e. The van der Waals surface area contributed by atoms with E-state index in [0.29, 0.717) is 23.2 Å². The Kier molecular flexibility index (Phi) is 5.09. The van der Waals surface area contributed by atoms with E-state index in [-0.39, 0.29) is 5.69 Å². The molecule has 6 heteroatoms. The molecule has 1 rings (SSSR count). The van der Waals surface area contributed by atoms with Gasteiger partial charge in [-0.1, -0.05) is 6.92 Å². The number of rotatable bonds is 6. The van der Waals surface area contributed by atoms with Crippen molar-refractivity contribution in [2.24, 2.45) is 0 Å². The normalized spacial score (nSPS) is 11.9. The maximum atomic E-state index is 10.9. The molecule has 0 aliphatic carbocycles. The van der Waals surface area contributed by atoms with E-state index in [4.69, 9.17) is 4.74 Å². The Morgan fingerprint density at radius 1 is 1.59 bits per heavy atom. The Balaban J connectivity index is 2.89. The average Bonchev–Trinajstić information content (AvgIpc) is 2.35. The Bertz CT molecular complexity index is 398. The number of nitro groups is 1. The van der Waals surface area contributed by atoms with E-state index < -0.39 is 4.92 Å². The zero-order valence-electron chi connectivity index (χ0n) is 10.1. The van der Waals surface area contributed by atoms with E-state index in [1.54, 1.807) is 23.9 Å². The number of thioether (sulfide) groups is 1. The minimum Gasteiger partial charge on any atom is -0.497 e. The maximum Gasteiger partial charge on any atom is 0.292 e. The second kappa shape index (κ2) is 6.34. The first-order valence-corrected chi connectivity index (χ1v) is 6.46. The van der Waals surface area contributed by atoms with Crippen molar-refractivity contribution in [1.29, 1.82) is 0 Å². The van der Waals surface area contributed by atoms with Crippen molar-refractivity contribution in [1.82, 2.24) is 0 Å². The first kappa shape index (κ1) is 13.6. The first-order valence-electron chi connectivity index (χ1n) is 5.17. The Labute approximate surface area is 105 Å². The van der Waals surface area contributed by atoms with Crippen LogP contribution in [0.5, 0.6) is 5.75 Å². The molecule has 1 unspecified atom stereocenters. The Morgan fingerprint density at radius 2 is 2.29 bits per heavy atom. The Morgan fingerprint density at radius 3 is 2.82 bits per heavy atom. The third-order valence-electron chi connectivity index (χ3n) is 2.38.